The molecule has 0 heterocycles. The maximum Gasteiger partial charge on any atom is 0.244 e. The first-order valence-electron chi connectivity index (χ1n) is 9.58. The molecule has 0 aliphatic rings. The van der Waals surface area contributed by atoms with Crippen molar-refractivity contribution in [2.75, 3.05) is 18.6 Å². The fourth-order valence-corrected chi connectivity index (χ4v) is 3.19. The van der Waals surface area contributed by atoms with Crippen LogP contribution in [0.2, 0.25) is 0 Å². The molecule has 166 valence electrons. The minimum atomic E-state index is -0.717. The maximum absolute atomic E-state index is 12.5. The molecule has 2 aromatic rings. The molecule has 2 aromatic carbocycles. The van der Waals surface area contributed by atoms with Crippen molar-refractivity contribution in [1.82, 2.24) is 10.6 Å². The largest absolute Gasteiger partial charge is 0.504 e. The van der Waals surface area contributed by atoms with Crippen molar-refractivity contribution in [3.8, 4) is 23.0 Å². The number of carbonyl (C=O) groups is 2. The van der Waals surface area contributed by atoms with Crippen LogP contribution in [0.25, 0.3) is 6.08 Å². The lowest BCUT2D eigenvalue weighted by molar-refractivity contribution is -0.127. The summed E-state index contributed by atoms with van der Waals surface area (Å²) in [5, 5.41) is 43.2. The molecule has 0 spiro atoms. The summed E-state index contributed by atoms with van der Waals surface area (Å²) in [6.45, 7) is 0.303. The zero-order valence-electron chi connectivity index (χ0n) is 17.0. The third-order valence-electron chi connectivity index (χ3n) is 4.42. The van der Waals surface area contributed by atoms with Gasteiger partial charge in [0.05, 0.1) is 0 Å². The highest BCUT2D eigenvalue weighted by molar-refractivity contribution is 7.98. The van der Waals surface area contributed by atoms with Gasteiger partial charge in [-0.1, -0.05) is 12.1 Å². The van der Waals surface area contributed by atoms with Crippen LogP contribution in [0.15, 0.2) is 42.5 Å². The van der Waals surface area contributed by atoms with E-state index in [0.29, 0.717) is 30.7 Å². The zero-order chi connectivity index (χ0) is 22.8. The summed E-state index contributed by atoms with van der Waals surface area (Å²) in [7, 11) is 0. The number of rotatable bonds is 10. The number of thioether (sulfide) groups is 1. The van der Waals surface area contributed by atoms with Gasteiger partial charge < -0.3 is 31.1 Å². The van der Waals surface area contributed by atoms with Gasteiger partial charge in [0.15, 0.2) is 23.0 Å². The van der Waals surface area contributed by atoms with Crippen LogP contribution in [0.4, 0.5) is 0 Å². The second-order valence-corrected chi connectivity index (χ2v) is 7.77. The van der Waals surface area contributed by atoms with Gasteiger partial charge in [-0.2, -0.15) is 11.8 Å². The number of nitrogens with one attached hydrogen (secondary N) is 2. The third-order valence-corrected chi connectivity index (χ3v) is 5.07. The number of hydrogen-bond acceptors (Lipinski definition) is 7. The lowest BCUT2D eigenvalue weighted by Gasteiger charge is -2.17. The van der Waals surface area contributed by atoms with Crippen LogP contribution in [0.5, 0.6) is 23.0 Å². The summed E-state index contributed by atoms with van der Waals surface area (Å²) in [5.41, 5.74) is 1.27. The van der Waals surface area contributed by atoms with Crippen LogP contribution in [-0.4, -0.2) is 56.8 Å². The van der Waals surface area contributed by atoms with Crippen molar-refractivity contribution < 1.29 is 30.0 Å². The molecule has 0 saturated heterocycles. The monoisotopic (exact) mass is 446 g/mol. The van der Waals surface area contributed by atoms with Crippen LogP contribution in [0.3, 0.4) is 0 Å². The molecule has 0 fully saturated rings. The Bertz CT molecular complexity index is 948. The molecule has 0 aliphatic carbocycles. The molecule has 0 aromatic heterocycles. The smallest absolute Gasteiger partial charge is 0.244 e. The minimum Gasteiger partial charge on any atom is -0.504 e. The molecule has 0 unspecified atom stereocenters. The Morgan fingerprint density at radius 3 is 2.32 bits per heavy atom. The molecular formula is C22H26N2O6S. The molecule has 2 rings (SSSR count). The normalized spacial score (nSPS) is 11.9. The maximum atomic E-state index is 12.5. The number of benzene rings is 2. The third kappa shape index (κ3) is 7.78. The topological polar surface area (TPSA) is 139 Å². The Hall–Kier alpha value is -3.33. The average molecular weight is 447 g/mol. The second kappa shape index (κ2) is 11.8. The Morgan fingerprint density at radius 1 is 1.00 bits per heavy atom. The summed E-state index contributed by atoms with van der Waals surface area (Å²) in [6, 6.07) is 7.92. The van der Waals surface area contributed by atoms with Crippen molar-refractivity contribution in [3.05, 3.63) is 53.6 Å². The molecule has 31 heavy (non-hydrogen) atoms. The summed E-state index contributed by atoms with van der Waals surface area (Å²) in [4.78, 5) is 24.8. The van der Waals surface area contributed by atoms with Crippen molar-refractivity contribution in [3.63, 3.8) is 0 Å². The molecule has 9 heteroatoms. The second-order valence-electron chi connectivity index (χ2n) is 6.79. The van der Waals surface area contributed by atoms with Gasteiger partial charge in [-0.05, 0) is 66.3 Å². The van der Waals surface area contributed by atoms with E-state index in [2.05, 4.69) is 10.6 Å². The predicted octanol–water partition coefficient (Wildman–Crippen LogP) is 2.12. The van der Waals surface area contributed by atoms with E-state index < -0.39 is 11.9 Å². The first-order valence-corrected chi connectivity index (χ1v) is 11.0. The number of carbonyl (C=O) groups excluding carboxylic acids is 2. The Labute approximate surface area is 184 Å². The highest BCUT2D eigenvalue weighted by Crippen LogP contribution is 2.25. The van der Waals surface area contributed by atoms with E-state index in [1.54, 1.807) is 17.8 Å². The van der Waals surface area contributed by atoms with Crippen LogP contribution in [0, 0.1) is 0 Å². The van der Waals surface area contributed by atoms with Gasteiger partial charge in [-0.15, -0.1) is 0 Å². The highest BCUT2D eigenvalue weighted by atomic mass is 32.2. The zero-order valence-corrected chi connectivity index (χ0v) is 17.9. The first-order chi connectivity index (χ1) is 14.8. The van der Waals surface area contributed by atoms with Crippen molar-refractivity contribution in [2.24, 2.45) is 0 Å². The summed E-state index contributed by atoms with van der Waals surface area (Å²) in [6.07, 6.45) is 5.53. The number of phenols is 4. The van der Waals surface area contributed by atoms with Gasteiger partial charge in [0.25, 0.3) is 0 Å². The van der Waals surface area contributed by atoms with E-state index in [1.807, 2.05) is 6.26 Å². The quantitative estimate of drug-likeness (QED) is 0.243. The molecule has 2 amide bonds. The van der Waals surface area contributed by atoms with E-state index in [4.69, 9.17) is 0 Å². The lowest BCUT2D eigenvalue weighted by Crippen LogP contribution is -2.47. The molecule has 0 radical (unpaired) electrons. The fraction of sp³-hybridized carbons (Fsp3) is 0.273. The molecule has 6 N–H and O–H groups in total. The standard InChI is InChI=1S/C22H26N2O6S/c1-31-11-9-16(22(30)23-10-8-15-3-6-18(26)20(28)13-15)24-21(29)7-4-14-2-5-17(25)19(27)12-14/h2-7,12-13,16,25-28H,8-11H2,1H3,(H,23,30)(H,24,29)/b7-4+/t16-/m0/s1. The van der Waals surface area contributed by atoms with Gasteiger partial charge in [0, 0.05) is 12.6 Å². The number of phenolic OH excluding ortho intramolecular Hbond substituents is 4. The summed E-state index contributed by atoms with van der Waals surface area (Å²) >= 11 is 1.56. The summed E-state index contributed by atoms with van der Waals surface area (Å²) < 4.78 is 0. The van der Waals surface area contributed by atoms with Crippen molar-refractivity contribution >= 4 is 29.7 Å². The minimum absolute atomic E-state index is 0.205. The van der Waals surface area contributed by atoms with Crippen LogP contribution >= 0.6 is 11.8 Å². The molecule has 8 nitrogen and oxygen atoms in total. The van der Waals surface area contributed by atoms with E-state index in [1.165, 1.54) is 42.5 Å². The van der Waals surface area contributed by atoms with E-state index in [9.17, 15) is 30.0 Å². The Morgan fingerprint density at radius 2 is 1.68 bits per heavy atom. The predicted molar refractivity (Wildman–Crippen MR) is 120 cm³/mol. The average Bonchev–Trinajstić information content (AvgIpc) is 2.74. The van der Waals surface area contributed by atoms with Crippen LogP contribution < -0.4 is 10.6 Å². The SMILES string of the molecule is CSCC[C@H](NC(=O)/C=C/c1ccc(O)c(O)c1)C(=O)NCCc1ccc(O)c(O)c1. The lowest BCUT2D eigenvalue weighted by atomic mass is 10.1. The van der Waals surface area contributed by atoms with Gasteiger partial charge in [-0.3, -0.25) is 9.59 Å². The van der Waals surface area contributed by atoms with Gasteiger partial charge in [0.1, 0.15) is 6.04 Å². The molecule has 0 aliphatic heterocycles. The molecule has 1 atom stereocenters. The van der Waals surface area contributed by atoms with E-state index >= 15 is 0 Å². The van der Waals surface area contributed by atoms with E-state index in [0.717, 1.165) is 5.56 Å². The molecule has 0 bridgehead atoms. The van der Waals surface area contributed by atoms with Crippen molar-refractivity contribution in [1.29, 1.82) is 0 Å². The van der Waals surface area contributed by atoms with Crippen LogP contribution in [0.1, 0.15) is 17.5 Å². The summed E-state index contributed by atoms with van der Waals surface area (Å²) in [5.74, 6) is -1.07. The molecular weight excluding hydrogens is 420 g/mol. The van der Waals surface area contributed by atoms with E-state index in [-0.39, 0.29) is 28.9 Å². The number of aromatic hydroxyl groups is 4. The number of hydrogen-bond donors (Lipinski definition) is 6. The molecule has 0 saturated carbocycles. The fourth-order valence-electron chi connectivity index (χ4n) is 2.72. The Kier molecular flexibility index (Phi) is 9.08. The van der Waals surface area contributed by atoms with Gasteiger partial charge in [0.2, 0.25) is 11.8 Å². The Balaban J connectivity index is 1.91. The number of amides is 2. The van der Waals surface area contributed by atoms with Crippen LogP contribution in [-0.2, 0) is 16.0 Å². The first kappa shape index (κ1) is 23.9. The highest BCUT2D eigenvalue weighted by Gasteiger charge is 2.19. The van der Waals surface area contributed by atoms with Gasteiger partial charge in [-0.25, -0.2) is 0 Å². The van der Waals surface area contributed by atoms with Gasteiger partial charge >= 0.3 is 0 Å². The van der Waals surface area contributed by atoms with Crippen molar-refractivity contribution in [2.45, 2.75) is 18.9 Å².